The van der Waals surface area contributed by atoms with Crippen LogP contribution in [0.5, 0.6) is 17.2 Å². The first-order valence-corrected chi connectivity index (χ1v) is 9.35. The maximum Gasteiger partial charge on any atom is 0.269 e. The first-order chi connectivity index (χ1) is 14.1. The van der Waals surface area contributed by atoms with Gasteiger partial charge in [-0.15, -0.1) is 0 Å². The first-order valence-electron chi connectivity index (χ1n) is 9.35. The number of nitrogens with zero attached hydrogens (tertiary/aromatic N) is 1. The van der Waals surface area contributed by atoms with Crippen LogP contribution < -0.4 is 25.1 Å². The Bertz CT molecular complexity index is 1010. The smallest absolute Gasteiger partial charge is 0.269 e. The van der Waals surface area contributed by atoms with Gasteiger partial charge in [-0.25, -0.2) is 4.98 Å². The van der Waals surface area contributed by atoms with E-state index >= 15 is 0 Å². The summed E-state index contributed by atoms with van der Waals surface area (Å²) in [6.07, 6.45) is -0.708. The summed E-state index contributed by atoms with van der Waals surface area (Å²) in [6.45, 7) is 3.09. The van der Waals surface area contributed by atoms with Gasteiger partial charge in [-0.1, -0.05) is 18.2 Å². The Morgan fingerprint density at radius 1 is 1.10 bits per heavy atom. The molecule has 29 heavy (non-hydrogen) atoms. The van der Waals surface area contributed by atoms with E-state index in [4.69, 9.17) is 14.2 Å². The van der Waals surface area contributed by atoms with Crippen molar-refractivity contribution in [3.05, 3.63) is 58.5 Å². The van der Waals surface area contributed by atoms with Crippen molar-refractivity contribution in [2.24, 2.45) is 0 Å². The van der Waals surface area contributed by atoms with E-state index in [0.29, 0.717) is 53.7 Å². The Labute approximate surface area is 168 Å². The van der Waals surface area contributed by atoms with Gasteiger partial charge in [0.25, 0.3) is 5.56 Å². The predicted molar refractivity (Wildman–Crippen MR) is 110 cm³/mol. The van der Waals surface area contributed by atoms with Crippen molar-refractivity contribution < 1.29 is 19.3 Å². The molecule has 3 aromatic rings. The highest BCUT2D eigenvalue weighted by atomic mass is 16.5. The first kappa shape index (κ1) is 20.6. The number of fused-ring (bicyclic) bond motifs is 1. The van der Waals surface area contributed by atoms with Crippen LogP contribution in [0.2, 0.25) is 0 Å². The van der Waals surface area contributed by atoms with Gasteiger partial charge < -0.3 is 29.6 Å². The number of para-hydroxylation sites is 3. The Morgan fingerprint density at radius 2 is 1.86 bits per heavy atom. The molecule has 0 aliphatic carbocycles. The predicted octanol–water partition coefficient (Wildman–Crippen LogP) is 1.65. The van der Waals surface area contributed by atoms with Crippen molar-refractivity contribution in [1.29, 1.82) is 0 Å². The molecule has 3 N–H and O–H groups in total. The normalized spacial score (nSPS) is 12.0. The van der Waals surface area contributed by atoms with Crippen molar-refractivity contribution in [2.45, 2.75) is 13.0 Å². The third-order valence-corrected chi connectivity index (χ3v) is 4.27. The summed E-state index contributed by atoms with van der Waals surface area (Å²) in [4.78, 5) is 18.7. The molecule has 1 heterocycles. The van der Waals surface area contributed by atoms with Crippen LogP contribution in [0.1, 0.15) is 5.69 Å². The lowest BCUT2D eigenvalue weighted by molar-refractivity contribution is 0.106. The molecule has 0 amide bonds. The number of aromatic nitrogens is 2. The number of aliphatic hydroxyl groups is 1. The molecule has 154 valence electrons. The molecule has 8 nitrogen and oxygen atoms in total. The van der Waals surface area contributed by atoms with Crippen molar-refractivity contribution in [3.8, 4) is 17.2 Å². The van der Waals surface area contributed by atoms with Gasteiger partial charge in [0.1, 0.15) is 36.3 Å². The number of methoxy groups -OCH3 is 1. The Balaban J connectivity index is 1.44. The monoisotopic (exact) mass is 399 g/mol. The maximum atomic E-state index is 11.7. The van der Waals surface area contributed by atoms with Crippen LogP contribution in [0, 0.1) is 6.92 Å². The minimum absolute atomic E-state index is 0.0966. The van der Waals surface area contributed by atoms with Crippen LogP contribution in [-0.4, -0.2) is 54.6 Å². The lowest BCUT2D eigenvalue weighted by Crippen LogP contribution is -2.33. The molecule has 0 aliphatic heterocycles. The molecular formula is C21H25N3O5. The molecule has 0 aliphatic rings. The molecule has 0 saturated heterocycles. The van der Waals surface area contributed by atoms with E-state index in [1.807, 2.05) is 24.3 Å². The lowest BCUT2D eigenvalue weighted by atomic mass is 10.2. The summed E-state index contributed by atoms with van der Waals surface area (Å²) in [7, 11) is 1.60. The summed E-state index contributed by atoms with van der Waals surface area (Å²) >= 11 is 0. The number of rotatable bonds is 10. The molecule has 3 rings (SSSR count). The van der Waals surface area contributed by atoms with E-state index in [2.05, 4.69) is 15.3 Å². The van der Waals surface area contributed by atoms with Crippen LogP contribution in [0.3, 0.4) is 0 Å². The van der Waals surface area contributed by atoms with Gasteiger partial charge in [0.2, 0.25) is 0 Å². The van der Waals surface area contributed by atoms with Gasteiger partial charge in [-0.05, 0) is 31.2 Å². The summed E-state index contributed by atoms with van der Waals surface area (Å²) in [5.41, 5.74) is 1.30. The Hall–Kier alpha value is -3.10. The van der Waals surface area contributed by atoms with Crippen molar-refractivity contribution >= 4 is 11.0 Å². The average molecular weight is 399 g/mol. The third kappa shape index (κ3) is 5.46. The summed E-state index contributed by atoms with van der Waals surface area (Å²) in [5, 5.41) is 13.3. The number of hydrogen-bond donors (Lipinski definition) is 3. The van der Waals surface area contributed by atoms with Gasteiger partial charge in [0.05, 0.1) is 12.6 Å². The zero-order chi connectivity index (χ0) is 20.6. The number of benzene rings is 2. The van der Waals surface area contributed by atoms with Gasteiger partial charge >= 0.3 is 0 Å². The third-order valence-electron chi connectivity index (χ3n) is 4.27. The minimum atomic E-state index is -0.708. The summed E-state index contributed by atoms with van der Waals surface area (Å²) in [5.74, 6) is 1.87. The quantitative estimate of drug-likeness (QED) is 0.445. The SMILES string of the molecule is COc1ccccc1OCCNCC(O)COc1cccc2[nH]c(=O)c(C)nc12. The molecule has 1 unspecified atom stereocenters. The Kier molecular flexibility index (Phi) is 7.04. The van der Waals surface area contributed by atoms with Crippen LogP contribution in [0.15, 0.2) is 47.3 Å². The number of H-pyrrole nitrogens is 1. The molecule has 1 aromatic heterocycles. The van der Waals surface area contributed by atoms with Crippen LogP contribution in [0.25, 0.3) is 11.0 Å². The molecule has 8 heteroatoms. The minimum Gasteiger partial charge on any atom is -0.493 e. The highest BCUT2D eigenvalue weighted by molar-refractivity contribution is 5.80. The molecule has 0 spiro atoms. The second-order valence-electron chi connectivity index (χ2n) is 6.47. The van der Waals surface area contributed by atoms with Gasteiger partial charge in [0.15, 0.2) is 11.5 Å². The second-order valence-corrected chi connectivity index (χ2v) is 6.47. The number of nitrogens with one attached hydrogen (secondary N) is 2. The topological polar surface area (TPSA) is 106 Å². The molecule has 0 fully saturated rings. The number of aromatic amines is 1. The van der Waals surface area contributed by atoms with E-state index in [9.17, 15) is 9.90 Å². The van der Waals surface area contributed by atoms with E-state index in [1.165, 1.54) is 0 Å². The molecule has 1 atom stereocenters. The molecule has 0 radical (unpaired) electrons. The van der Waals surface area contributed by atoms with Gasteiger partial charge in [0, 0.05) is 13.1 Å². The van der Waals surface area contributed by atoms with E-state index < -0.39 is 6.10 Å². The van der Waals surface area contributed by atoms with Crippen LogP contribution >= 0.6 is 0 Å². The lowest BCUT2D eigenvalue weighted by Gasteiger charge is -2.15. The Morgan fingerprint density at radius 3 is 2.66 bits per heavy atom. The zero-order valence-electron chi connectivity index (χ0n) is 16.5. The van der Waals surface area contributed by atoms with E-state index in [-0.39, 0.29) is 12.2 Å². The summed E-state index contributed by atoms with van der Waals surface area (Å²) in [6, 6.07) is 12.7. The van der Waals surface area contributed by atoms with E-state index in [0.717, 1.165) is 0 Å². The van der Waals surface area contributed by atoms with Crippen molar-refractivity contribution in [2.75, 3.05) is 33.4 Å². The average Bonchev–Trinajstić information content (AvgIpc) is 2.73. The fourth-order valence-electron chi connectivity index (χ4n) is 2.77. The molecular weight excluding hydrogens is 374 g/mol. The largest absolute Gasteiger partial charge is 0.493 e. The molecule has 0 saturated carbocycles. The fraction of sp³-hybridized carbons (Fsp3) is 0.333. The standard InChI is InChI=1S/C21H25N3O5/c1-14-21(26)24-16-6-5-9-19(20(16)23-14)29-13-15(25)12-22-10-11-28-18-8-4-3-7-17(18)27-2/h3-9,15,22,25H,10-13H2,1-2H3,(H,24,26). The van der Waals surface area contributed by atoms with Gasteiger partial charge in [-0.3, -0.25) is 4.79 Å². The second kappa shape index (κ2) is 9.90. The van der Waals surface area contributed by atoms with Crippen molar-refractivity contribution in [3.63, 3.8) is 0 Å². The number of aryl methyl sites for hydroxylation is 1. The summed E-state index contributed by atoms with van der Waals surface area (Å²) < 4.78 is 16.6. The van der Waals surface area contributed by atoms with Crippen molar-refractivity contribution in [1.82, 2.24) is 15.3 Å². The van der Waals surface area contributed by atoms with Crippen LogP contribution in [0.4, 0.5) is 0 Å². The van der Waals surface area contributed by atoms with Gasteiger partial charge in [-0.2, -0.15) is 0 Å². The van der Waals surface area contributed by atoms with Crippen LogP contribution in [-0.2, 0) is 0 Å². The number of hydrogen-bond acceptors (Lipinski definition) is 7. The number of ether oxygens (including phenoxy) is 3. The highest BCUT2D eigenvalue weighted by Gasteiger charge is 2.10. The zero-order valence-corrected chi connectivity index (χ0v) is 16.5. The fourth-order valence-corrected chi connectivity index (χ4v) is 2.77. The number of aliphatic hydroxyl groups excluding tert-OH is 1. The highest BCUT2D eigenvalue weighted by Crippen LogP contribution is 2.25. The maximum absolute atomic E-state index is 11.7. The van der Waals surface area contributed by atoms with E-state index in [1.54, 1.807) is 32.2 Å². The molecule has 0 bridgehead atoms. The molecule has 2 aromatic carbocycles.